The summed E-state index contributed by atoms with van der Waals surface area (Å²) in [6.45, 7) is 0. The van der Waals surface area contributed by atoms with E-state index >= 15 is 0 Å². The van der Waals surface area contributed by atoms with Crippen molar-refractivity contribution in [1.82, 2.24) is 5.32 Å². The van der Waals surface area contributed by atoms with Gasteiger partial charge < -0.3 is 16.8 Å². The highest BCUT2D eigenvalue weighted by Crippen LogP contribution is 2.19. The summed E-state index contributed by atoms with van der Waals surface area (Å²) in [5.74, 6) is 0. The molecule has 2 rings (SSSR count). The fraction of sp³-hybridized carbons (Fsp3) is 0.0625. The van der Waals surface area contributed by atoms with Crippen LogP contribution in [0.25, 0.3) is 0 Å². The highest BCUT2D eigenvalue weighted by molar-refractivity contribution is 6.10. The van der Waals surface area contributed by atoms with Gasteiger partial charge >= 0.3 is 12.1 Å². The van der Waals surface area contributed by atoms with Crippen molar-refractivity contribution in [3.63, 3.8) is 0 Å². The number of urea groups is 2. The van der Waals surface area contributed by atoms with Crippen molar-refractivity contribution < 1.29 is 9.59 Å². The Morgan fingerprint density at radius 1 is 0.909 bits per heavy atom. The molecule has 5 N–H and O–H groups in total. The maximum atomic E-state index is 11.3. The summed E-state index contributed by atoms with van der Waals surface area (Å²) in [4.78, 5) is 26.5. The highest BCUT2D eigenvalue weighted by atomic mass is 16.2. The Balaban J connectivity index is 2.54. The van der Waals surface area contributed by atoms with Gasteiger partial charge in [0.1, 0.15) is 0 Å². The number of carbonyl (C=O) groups excluding carboxylic acids is 2. The normalized spacial score (nSPS) is 12.5. The van der Waals surface area contributed by atoms with Crippen molar-refractivity contribution in [2.75, 3.05) is 0 Å². The molecule has 0 spiro atoms. The minimum atomic E-state index is -0.842. The summed E-state index contributed by atoms with van der Waals surface area (Å²) in [5.41, 5.74) is 12.2. The predicted molar refractivity (Wildman–Crippen MR) is 84.5 cm³/mol. The lowest BCUT2D eigenvalue weighted by atomic mass is 9.96. The Hall–Kier alpha value is -3.15. The van der Waals surface area contributed by atoms with Crippen molar-refractivity contribution in [2.45, 2.75) is 6.04 Å². The second-order valence-corrected chi connectivity index (χ2v) is 4.55. The number of hydrogen-bond donors (Lipinski definition) is 3. The number of nitrogens with two attached hydrogens (primary N) is 2. The van der Waals surface area contributed by atoms with Gasteiger partial charge in [-0.15, -0.1) is 0 Å². The molecule has 4 amide bonds. The number of benzene rings is 2. The molecule has 0 saturated carbocycles. The van der Waals surface area contributed by atoms with E-state index in [0.29, 0.717) is 11.3 Å². The maximum Gasteiger partial charge on any atom is 0.338 e. The van der Waals surface area contributed by atoms with Crippen LogP contribution in [0.4, 0.5) is 9.59 Å². The molecule has 0 aliphatic carbocycles. The molecule has 0 fully saturated rings. The van der Waals surface area contributed by atoms with Gasteiger partial charge in [-0.05, 0) is 11.1 Å². The van der Waals surface area contributed by atoms with Crippen LogP contribution >= 0.6 is 0 Å². The number of primary amides is 2. The monoisotopic (exact) mass is 296 g/mol. The van der Waals surface area contributed by atoms with Crippen molar-refractivity contribution >= 4 is 17.8 Å². The molecule has 0 aliphatic rings. The second kappa shape index (κ2) is 7.03. The van der Waals surface area contributed by atoms with Crippen molar-refractivity contribution in [3.05, 3.63) is 71.8 Å². The Kier molecular flexibility index (Phi) is 4.87. The Bertz CT molecular complexity index is 684. The van der Waals surface area contributed by atoms with Gasteiger partial charge in [0.2, 0.25) is 0 Å². The molecule has 0 aromatic heterocycles. The van der Waals surface area contributed by atoms with Crippen LogP contribution in [0, 0.1) is 0 Å². The van der Waals surface area contributed by atoms with Gasteiger partial charge in [-0.2, -0.15) is 4.99 Å². The first-order chi connectivity index (χ1) is 10.6. The largest absolute Gasteiger partial charge is 0.352 e. The maximum absolute atomic E-state index is 11.3. The first-order valence-corrected chi connectivity index (χ1v) is 6.62. The lowest BCUT2D eigenvalue weighted by molar-refractivity contribution is 0.247. The van der Waals surface area contributed by atoms with E-state index in [9.17, 15) is 9.59 Å². The summed E-state index contributed by atoms with van der Waals surface area (Å²) < 4.78 is 0. The number of nitrogens with zero attached hydrogens (tertiary/aromatic N) is 1. The highest BCUT2D eigenvalue weighted by Gasteiger charge is 2.22. The van der Waals surface area contributed by atoms with Crippen LogP contribution in [0.1, 0.15) is 17.2 Å². The van der Waals surface area contributed by atoms with Gasteiger partial charge in [0, 0.05) is 0 Å². The standard InChI is InChI=1S/C16H16N4O2/c17-15(21)19-13(11-7-3-1-4-8-11)14(20-16(18)22)12-9-5-2-6-10-12/h1-10,13H,(H2,18,22)(H3,17,19,21). The van der Waals surface area contributed by atoms with Crippen LogP contribution in [0.3, 0.4) is 0 Å². The lowest BCUT2D eigenvalue weighted by Gasteiger charge is -2.20. The average molecular weight is 296 g/mol. The van der Waals surface area contributed by atoms with E-state index in [1.54, 1.807) is 36.4 Å². The van der Waals surface area contributed by atoms with E-state index in [1.165, 1.54) is 0 Å². The quantitative estimate of drug-likeness (QED) is 0.749. The zero-order valence-electron chi connectivity index (χ0n) is 11.8. The molecule has 0 heterocycles. The van der Waals surface area contributed by atoms with Gasteiger partial charge in [-0.1, -0.05) is 60.7 Å². The van der Waals surface area contributed by atoms with Crippen LogP contribution in [0.15, 0.2) is 65.7 Å². The molecule has 6 heteroatoms. The zero-order valence-corrected chi connectivity index (χ0v) is 11.8. The molecule has 2 aromatic rings. The van der Waals surface area contributed by atoms with Crippen LogP contribution < -0.4 is 16.8 Å². The van der Waals surface area contributed by atoms with Gasteiger partial charge in [0.25, 0.3) is 0 Å². The molecule has 1 atom stereocenters. The molecule has 0 aliphatic heterocycles. The molecule has 22 heavy (non-hydrogen) atoms. The summed E-state index contributed by atoms with van der Waals surface area (Å²) in [7, 11) is 0. The fourth-order valence-electron chi connectivity index (χ4n) is 2.12. The predicted octanol–water partition coefficient (Wildman–Crippen LogP) is 1.96. The van der Waals surface area contributed by atoms with E-state index in [-0.39, 0.29) is 0 Å². The molecule has 0 radical (unpaired) electrons. The van der Waals surface area contributed by atoms with E-state index in [1.807, 2.05) is 24.3 Å². The Morgan fingerprint density at radius 2 is 1.45 bits per heavy atom. The van der Waals surface area contributed by atoms with Crippen LogP contribution in [-0.4, -0.2) is 17.8 Å². The van der Waals surface area contributed by atoms with Crippen molar-refractivity contribution in [1.29, 1.82) is 0 Å². The third-order valence-electron chi connectivity index (χ3n) is 2.99. The summed E-state index contributed by atoms with van der Waals surface area (Å²) in [6, 6.07) is 15.9. The van der Waals surface area contributed by atoms with Crippen LogP contribution in [0.5, 0.6) is 0 Å². The molecule has 0 saturated heterocycles. The van der Waals surface area contributed by atoms with Crippen LogP contribution in [-0.2, 0) is 0 Å². The molecule has 1 unspecified atom stereocenters. The number of amides is 4. The minimum absolute atomic E-state index is 0.332. The molecule has 112 valence electrons. The number of rotatable bonds is 4. The van der Waals surface area contributed by atoms with E-state index in [2.05, 4.69) is 10.3 Å². The first-order valence-electron chi connectivity index (χ1n) is 6.62. The second-order valence-electron chi connectivity index (χ2n) is 4.55. The SMILES string of the molecule is NC(=O)N=C(c1ccccc1)C(NC(N)=O)c1ccccc1. The third-order valence-corrected chi connectivity index (χ3v) is 2.99. The van der Waals surface area contributed by atoms with E-state index < -0.39 is 18.1 Å². The smallest absolute Gasteiger partial charge is 0.338 e. The number of nitrogens with one attached hydrogen (secondary N) is 1. The molecule has 6 nitrogen and oxygen atoms in total. The lowest BCUT2D eigenvalue weighted by Crippen LogP contribution is -2.38. The van der Waals surface area contributed by atoms with Gasteiger partial charge in [0.05, 0.1) is 11.8 Å². The van der Waals surface area contributed by atoms with Crippen molar-refractivity contribution in [3.8, 4) is 0 Å². The molecule has 2 aromatic carbocycles. The third kappa shape index (κ3) is 3.92. The Labute approximate surface area is 127 Å². The van der Waals surface area contributed by atoms with Gasteiger partial charge in [0.15, 0.2) is 0 Å². The zero-order chi connectivity index (χ0) is 15.9. The van der Waals surface area contributed by atoms with Crippen LogP contribution in [0.2, 0.25) is 0 Å². The summed E-state index contributed by atoms with van der Waals surface area (Å²) in [6.07, 6.45) is 0. The molecule has 0 bridgehead atoms. The summed E-state index contributed by atoms with van der Waals surface area (Å²) >= 11 is 0. The summed E-state index contributed by atoms with van der Waals surface area (Å²) in [5, 5.41) is 2.60. The number of carbonyl (C=O) groups is 2. The fourth-order valence-corrected chi connectivity index (χ4v) is 2.12. The van der Waals surface area contributed by atoms with Crippen molar-refractivity contribution in [2.24, 2.45) is 16.5 Å². The van der Waals surface area contributed by atoms with E-state index in [4.69, 9.17) is 11.5 Å². The van der Waals surface area contributed by atoms with E-state index in [0.717, 1.165) is 5.56 Å². The molecular formula is C16H16N4O2. The van der Waals surface area contributed by atoms with Gasteiger partial charge in [-0.25, -0.2) is 9.59 Å². The minimum Gasteiger partial charge on any atom is -0.352 e. The average Bonchev–Trinajstić information content (AvgIpc) is 2.52. The number of aliphatic imine (C=N–C) groups is 1. The molecular weight excluding hydrogens is 280 g/mol. The topological polar surface area (TPSA) is 111 Å². The first kappa shape index (κ1) is 15.2. The Morgan fingerprint density at radius 3 is 1.95 bits per heavy atom. The van der Waals surface area contributed by atoms with Gasteiger partial charge in [-0.3, -0.25) is 0 Å². The number of hydrogen-bond acceptors (Lipinski definition) is 2.